The summed E-state index contributed by atoms with van der Waals surface area (Å²) in [5, 5.41) is 8.50. The molecule has 8 heteroatoms. The van der Waals surface area contributed by atoms with Gasteiger partial charge >= 0.3 is 0 Å². The van der Waals surface area contributed by atoms with Gasteiger partial charge in [-0.2, -0.15) is 0 Å². The Kier molecular flexibility index (Phi) is 8.06. The molecule has 0 fully saturated rings. The van der Waals surface area contributed by atoms with Crippen molar-refractivity contribution in [3.63, 3.8) is 0 Å². The largest absolute Gasteiger partial charge is 0.492 e. The van der Waals surface area contributed by atoms with Crippen LogP contribution in [0.5, 0.6) is 5.75 Å². The van der Waals surface area contributed by atoms with Gasteiger partial charge in [-0.15, -0.1) is 0 Å². The highest BCUT2D eigenvalue weighted by molar-refractivity contribution is 7.89. The third-order valence-corrected chi connectivity index (χ3v) is 3.87. The van der Waals surface area contributed by atoms with Gasteiger partial charge in [-0.25, -0.2) is 13.1 Å². The lowest BCUT2D eigenvalue weighted by Crippen LogP contribution is -2.30. The van der Waals surface area contributed by atoms with E-state index in [0.717, 1.165) is 0 Å². The first-order chi connectivity index (χ1) is 10.0. The van der Waals surface area contributed by atoms with E-state index in [1.807, 2.05) is 0 Å². The molecule has 0 amide bonds. The Morgan fingerprint density at radius 2 is 1.86 bits per heavy atom. The van der Waals surface area contributed by atoms with Gasteiger partial charge in [0.1, 0.15) is 12.4 Å². The van der Waals surface area contributed by atoms with E-state index in [4.69, 9.17) is 20.3 Å². The van der Waals surface area contributed by atoms with Crippen LogP contribution in [-0.4, -0.2) is 52.2 Å². The number of aliphatic hydroxyl groups excluding tert-OH is 1. The Bertz CT molecular complexity index is 490. The summed E-state index contributed by atoms with van der Waals surface area (Å²) in [5.41, 5.74) is 6.16. The molecular formula is C13H22N2O5S. The molecule has 0 spiro atoms. The van der Waals surface area contributed by atoms with Gasteiger partial charge in [-0.3, -0.25) is 0 Å². The summed E-state index contributed by atoms with van der Waals surface area (Å²) in [6.45, 7) is 1.01. The predicted molar refractivity (Wildman–Crippen MR) is 80.7 cm³/mol. The maximum atomic E-state index is 11.7. The Morgan fingerprint density at radius 1 is 1.14 bits per heavy atom. The molecule has 0 aliphatic heterocycles. The second-order valence-electron chi connectivity index (χ2n) is 4.32. The van der Waals surface area contributed by atoms with Gasteiger partial charge < -0.3 is 20.3 Å². The normalized spacial score (nSPS) is 11.5. The molecule has 21 heavy (non-hydrogen) atoms. The Hall–Kier alpha value is -1.35. The Morgan fingerprint density at radius 3 is 2.52 bits per heavy atom. The molecule has 0 aliphatic carbocycles. The summed E-state index contributed by atoms with van der Waals surface area (Å²) in [4.78, 5) is 0. The minimum Gasteiger partial charge on any atom is -0.492 e. The van der Waals surface area contributed by atoms with E-state index in [-0.39, 0.29) is 25.6 Å². The van der Waals surface area contributed by atoms with Crippen LogP contribution in [0.2, 0.25) is 0 Å². The topological polar surface area (TPSA) is 111 Å². The minimum atomic E-state index is -3.36. The maximum absolute atomic E-state index is 11.7. The molecule has 0 saturated heterocycles. The summed E-state index contributed by atoms with van der Waals surface area (Å²) in [6.07, 6.45) is 0.554. The van der Waals surface area contributed by atoms with E-state index < -0.39 is 10.0 Å². The van der Waals surface area contributed by atoms with E-state index in [0.29, 0.717) is 31.0 Å². The fourth-order valence-electron chi connectivity index (χ4n) is 1.47. The highest BCUT2D eigenvalue weighted by Gasteiger charge is 2.09. The molecule has 0 aliphatic rings. The first kappa shape index (κ1) is 17.7. The smallest absolute Gasteiger partial charge is 0.214 e. The third-order valence-electron chi connectivity index (χ3n) is 2.52. The molecular weight excluding hydrogens is 296 g/mol. The van der Waals surface area contributed by atoms with Crippen molar-refractivity contribution < 1.29 is 23.0 Å². The quantitative estimate of drug-likeness (QED) is 0.390. The molecule has 1 rings (SSSR count). The monoisotopic (exact) mass is 318 g/mol. The van der Waals surface area contributed by atoms with Crippen molar-refractivity contribution in [1.82, 2.24) is 4.72 Å². The third kappa shape index (κ3) is 8.51. The number of hydrogen-bond acceptors (Lipinski definition) is 6. The van der Waals surface area contributed by atoms with E-state index in [1.165, 1.54) is 0 Å². The number of ether oxygens (including phenoxy) is 2. The number of nitrogens with two attached hydrogens (primary N) is 1. The van der Waals surface area contributed by atoms with Crippen LogP contribution in [-0.2, 0) is 14.8 Å². The van der Waals surface area contributed by atoms with Crippen molar-refractivity contribution in [2.24, 2.45) is 0 Å². The van der Waals surface area contributed by atoms with Gasteiger partial charge in [0.15, 0.2) is 0 Å². The van der Waals surface area contributed by atoms with Gasteiger partial charge in [-0.1, -0.05) is 0 Å². The lowest BCUT2D eigenvalue weighted by atomic mass is 10.3. The van der Waals surface area contributed by atoms with Crippen molar-refractivity contribution in [3.05, 3.63) is 24.3 Å². The van der Waals surface area contributed by atoms with Crippen molar-refractivity contribution in [2.75, 3.05) is 44.5 Å². The number of nitrogen functional groups attached to an aromatic ring is 1. The first-order valence-corrected chi connectivity index (χ1v) is 8.33. The second-order valence-corrected chi connectivity index (χ2v) is 6.25. The highest BCUT2D eigenvalue weighted by Crippen LogP contribution is 2.12. The van der Waals surface area contributed by atoms with Gasteiger partial charge in [-0.05, 0) is 30.7 Å². The summed E-state index contributed by atoms with van der Waals surface area (Å²) in [5.74, 6) is 0.464. The second kappa shape index (κ2) is 9.56. The van der Waals surface area contributed by atoms with E-state index in [2.05, 4.69) is 4.72 Å². The van der Waals surface area contributed by atoms with Crippen molar-refractivity contribution in [3.8, 4) is 5.75 Å². The SMILES string of the molecule is Nc1ccc(OCCS(=O)(=O)NCCCOCCO)cc1. The number of hydrogen-bond donors (Lipinski definition) is 3. The van der Waals surface area contributed by atoms with Crippen molar-refractivity contribution >= 4 is 15.7 Å². The van der Waals surface area contributed by atoms with Crippen LogP contribution in [0, 0.1) is 0 Å². The summed E-state index contributed by atoms with van der Waals surface area (Å²) in [7, 11) is -3.36. The highest BCUT2D eigenvalue weighted by atomic mass is 32.2. The van der Waals surface area contributed by atoms with Gasteiger partial charge in [0, 0.05) is 18.8 Å². The number of anilines is 1. The molecule has 0 bridgehead atoms. The molecule has 0 radical (unpaired) electrons. The van der Waals surface area contributed by atoms with Crippen molar-refractivity contribution in [1.29, 1.82) is 0 Å². The first-order valence-electron chi connectivity index (χ1n) is 6.68. The maximum Gasteiger partial charge on any atom is 0.214 e. The minimum absolute atomic E-state index is 0.0335. The van der Waals surface area contributed by atoms with Crippen LogP contribution in [0.25, 0.3) is 0 Å². The lowest BCUT2D eigenvalue weighted by Gasteiger charge is -2.09. The van der Waals surface area contributed by atoms with Crippen LogP contribution in [0.4, 0.5) is 5.69 Å². The van der Waals surface area contributed by atoms with Gasteiger partial charge in [0.05, 0.1) is 19.0 Å². The average Bonchev–Trinajstić information content (AvgIpc) is 2.45. The fraction of sp³-hybridized carbons (Fsp3) is 0.538. The van der Waals surface area contributed by atoms with Crippen LogP contribution < -0.4 is 15.2 Å². The number of rotatable bonds is 11. The molecule has 0 saturated carbocycles. The van der Waals surface area contributed by atoms with Gasteiger partial charge in [0.25, 0.3) is 0 Å². The zero-order valence-electron chi connectivity index (χ0n) is 11.8. The summed E-state index contributed by atoms with van der Waals surface area (Å²) < 4.78 is 36.2. The molecule has 0 heterocycles. The zero-order valence-corrected chi connectivity index (χ0v) is 12.6. The Labute approximate surface area is 125 Å². The number of benzene rings is 1. The molecule has 1 aromatic carbocycles. The molecule has 1 aromatic rings. The van der Waals surface area contributed by atoms with Crippen molar-refractivity contribution in [2.45, 2.75) is 6.42 Å². The van der Waals surface area contributed by atoms with Crippen LogP contribution in [0.1, 0.15) is 6.42 Å². The fourth-order valence-corrected chi connectivity index (χ4v) is 2.38. The Balaban J connectivity index is 2.16. The summed E-state index contributed by atoms with van der Waals surface area (Å²) in [6, 6.07) is 6.75. The molecule has 4 N–H and O–H groups in total. The standard InChI is InChI=1S/C13H22N2O5S/c14-12-2-4-13(5-3-12)20-10-11-21(17,18)15-6-1-8-19-9-7-16/h2-5,15-16H,1,6-11,14H2. The zero-order chi connectivity index (χ0) is 15.6. The van der Waals surface area contributed by atoms with E-state index >= 15 is 0 Å². The molecule has 0 aromatic heterocycles. The van der Waals surface area contributed by atoms with Crippen LogP contribution in [0.3, 0.4) is 0 Å². The molecule has 0 atom stereocenters. The average molecular weight is 318 g/mol. The predicted octanol–water partition coefficient (Wildman–Crippen LogP) is -0.0340. The van der Waals surface area contributed by atoms with E-state index in [1.54, 1.807) is 24.3 Å². The number of aliphatic hydroxyl groups is 1. The summed E-state index contributed by atoms with van der Waals surface area (Å²) >= 11 is 0. The number of sulfonamides is 1. The van der Waals surface area contributed by atoms with Crippen LogP contribution >= 0.6 is 0 Å². The lowest BCUT2D eigenvalue weighted by molar-refractivity contribution is 0.0913. The van der Waals surface area contributed by atoms with Crippen LogP contribution in [0.15, 0.2) is 24.3 Å². The van der Waals surface area contributed by atoms with Gasteiger partial charge in [0.2, 0.25) is 10.0 Å². The molecule has 7 nitrogen and oxygen atoms in total. The number of nitrogens with one attached hydrogen (secondary N) is 1. The molecule has 0 unspecified atom stereocenters. The molecule has 120 valence electrons. The van der Waals surface area contributed by atoms with E-state index in [9.17, 15) is 8.42 Å².